The molecule has 29 heavy (non-hydrogen) atoms. The van der Waals surface area contributed by atoms with Crippen molar-refractivity contribution in [2.75, 3.05) is 5.32 Å². The van der Waals surface area contributed by atoms with Crippen LogP contribution in [0.2, 0.25) is 0 Å². The summed E-state index contributed by atoms with van der Waals surface area (Å²) >= 11 is 0. The molecule has 0 atom stereocenters. The van der Waals surface area contributed by atoms with Gasteiger partial charge in [0.1, 0.15) is 11.5 Å². The number of aromatic nitrogens is 6. The van der Waals surface area contributed by atoms with Crippen LogP contribution < -0.4 is 5.32 Å². The Morgan fingerprint density at radius 3 is 2.34 bits per heavy atom. The van der Waals surface area contributed by atoms with Crippen LogP contribution in [0.4, 0.5) is 19.0 Å². The lowest BCUT2D eigenvalue weighted by Crippen LogP contribution is -2.32. The normalized spacial score (nSPS) is 16.9. The molecule has 1 N–H and O–H groups in total. The SMILES string of the molecule is Cc1cc(NC2CCC(F)(F)CC2)nc(-n2cc(-n3cc(F)c(C)n3)c(C)n2)n1. The maximum absolute atomic E-state index is 13.7. The van der Waals surface area contributed by atoms with Crippen molar-refractivity contribution in [3.8, 4) is 11.6 Å². The van der Waals surface area contributed by atoms with E-state index in [9.17, 15) is 13.2 Å². The number of hydrogen-bond donors (Lipinski definition) is 1. The lowest BCUT2D eigenvalue weighted by atomic mass is 9.92. The summed E-state index contributed by atoms with van der Waals surface area (Å²) < 4.78 is 43.4. The maximum atomic E-state index is 13.7. The molecule has 0 radical (unpaired) electrons. The van der Waals surface area contributed by atoms with Gasteiger partial charge in [-0.25, -0.2) is 27.5 Å². The summed E-state index contributed by atoms with van der Waals surface area (Å²) in [5, 5.41) is 11.8. The molecule has 1 fully saturated rings. The van der Waals surface area contributed by atoms with Gasteiger partial charge in [0.15, 0.2) is 5.82 Å². The number of alkyl halides is 2. The highest BCUT2D eigenvalue weighted by molar-refractivity contribution is 5.41. The van der Waals surface area contributed by atoms with Crippen LogP contribution in [0, 0.1) is 26.6 Å². The Bertz CT molecular complexity index is 1010. The van der Waals surface area contributed by atoms with Gasteiger partial charge < -0.3 is 5.32 Å². The largest absolute Gasteiger partial charge is 0.367 e. The number of rotatable bonds is 4. The van der Waals surface area contributed by atoms with Crippen LogP contribution >= 0.6 is 0 Å². The fourth-order valence-electron chi connectivity index (χ4n) is 3.46. The van der Waals surface area contributed by atoms with E-state index in [-0.39, 0.29) is 18.9 Å². The Kier molecular flexibility index (Phi) is 4.79. The second-order valence-electron chi connectivity index (χ2n) is 7.52. The molecule has 0 aromatic carbocycles. The summed E-state index contributed by atoms with van der Waals surface area (Å²) in [4.78, 5) is 8.91. The highest BCUT2D eigenvalue weighted by Crippen LogP contribution is 2.34. The number of halogens is 3. The molecule has 1 aliphatic rings. The Hall–Kier alpha value is -2.91. The third kappa shape index (κ3) is 4.10. The summed E-state index contributed by atoms with van der Waals surface area (Å²) in [5.41, 5.74) is 2.27. The van der Waals surface area contributed by atoms with Crippen molar-refractivity contribution >= 4 is 5.82 Å². The van der Waals surface area contributed by atoms with E-state index in [1.807, 2.05) is 6.92 Å². The zero-order chi connectivity index (χ0) is 20.8. The first-order chi connectivity index (χ1) is 13.7. The van der Waals surface area contributed by atoms with Crippen LogP contribution in [-0.2, 0) is 0 Å². The summed E-state index contributed by atoms with van der Waals surface area (Å²) in [6.45, 7) is 5.21. The molecule has 0 amide bonds. The van der Waals surface area contributed by atoms with Crippen molar-refractivity contribution in [2.45, 2.75) is 58.4 Å². The number of nitrogens with one attached hydrogen (secondary N) is 1. The Morgan fingerprint density at radius 2 is 1.69 bits per heavy atom. The summed E-state index contributed by atoms with van der Waals surface area (Å²) in [6, 6.07) is 1.72. The molecule has 7 nitrogen and oxygen atoms in total. The molecule has 0 bridgehead atoms. The van der Waals surface area contributed by atoms with E-state index in [1.54, 1.807) is 26.1 Å². The fourth-order valence-corrected chi connectivity index (χ4v) is 3.46. The van der Waals surface area contributed by atoms with Gasteiger partial charge in [0.05, 0.1) is 23.8 Å². The van der Waals surface area contributed by atoms with Crippen molar-refractivity contribution in [3.05, 3.63) is 41.4 Å². The van der Waals surface area contributed by atoms with Crippen LogP contribution in [-0.4, -0.2) is 41.5 Å². The van der Waals surface area contributed by atoms with Gasteiger partial charge in [-0.2, -0.15) is 15.2 Å². The fraction of sp³-hybridized carbons (Fsp3) is 0.474. The van der Waals surface area contributed by atoms with E-state index < -0.39 is 11.7 Å². The number of hydrogen-bond acceptors (Lipinski definition) is 5. The van der Waals surface area contributed by atoms with Gasteiger partial charge in [-0.1, -0.05) is 0 Å². The molecule has 0 spiro atoms. The van der Waals surface area contributed by atoms with Crippen LogP contribution in [0.1, 0.15) is 42.8 Å². The zero-order valence-corrected chi connectivity index (χ0v) is 16.5. The molecule has 3 aromatic heterocycles. The predicted molar refractivity (Wildman–Crippen MR) is 101 cm³/mol. The number of anilines is 1. The van der Waals surface area contributed by atoms with E-state index in [1.165, 1.54) is 15.6 Å². The average molecular weight is 405 g/mol. The number of aryl methyl sites for hydroxylation is 3. The van der Waals surface area contributed by atoms with Gasteiger partial charge in [0, 0.05) is 30.6 Å². The van der Waals surface area contributed by atoms with Gasteiger partial charge in [0.25, 0.3) is 5.95 Å². The van der Waals surface area contributed by atoms with E-state index in [2.05, 4.69) is 25.5 Å². The molecule has 154 valence electrons. The first-order valence-electron chi connectivity index (χ1n) is 9.49. The standard InChI is InChI=1S/C19H22F3N7/c1-11-8-17(24-14-4-6-19(21,22)7-5-14)25-18(23-11)29-10-16(13(3)27-29)28-9-15(20)12(2)26-28/h8-10,14H,4-7H2,1-3H3,(H,23,24,25). The third-order valence-electron chi connectivity index (χ3n) is 5.08. The minimum absolute atomic E-state index is 0.0540. The molecule has 0 aliphatic heterocycles. The summed E-state index contributed by atoms with van der Waals surface area (Å²) in [6.07, 6.45) is 3.51. The zero-order valence-electron chi connectivity index (χ0n) is 16.5. The third-order valence-corrected chi connectivity index (χ3v) is 5.08. The van der Waals surface area contributed by atoms with Gasteiger partial charge in [0.2, 0.25) is 5.92 Å². The quantitative estimate of drug-likeness (QED) is 0.713. The minimum atomic E-state index is -2.57. The van der Waals surface area contributed by atoms with E-state index >= 15 is 0 Å². The Labute approximate surface area is 166 Å². The van der Waals surface area contributed by atoms with Crippen LogP contribution in [0.5, 0.6) is 0 Å². The monoisotopic (exact) mass is 405 g/mol. The Balaban J connectivity index is 1.59. The molecule has 1 aliphatic carbocycles. The number of nitrogens with zero attached hydrogens (tertiary/aromatic N) is 6. The minimum Gasteiger partial charge on any atom is -0.367 e. The smallest absolute Gasteiger partial charge is 0.252 e. The van der Waals surface area contributed by atoms with Gasteiger partial charge in [-0.05, 0) is 33.6 Å². The van der Waals surface area contributed by atoms with Crippen molar-refractivity contribution in [2.24, 2.45) is 0 Å². The average Bonchev–Trinajstić information content (AvgIpc) is 3.19. The highest BCUT2D eigenvalue weighted by Gasteiger charge is 2.35. The lowest BCUT2D eigenvalue weighted by Gasteiger charge is -2.29. The molecule has 4 rings (SSSR count). The van der Waals surface area contributed by atoms with Crippen molar-refractivity contribution in [1.82, 2.24) is 29.5 Å². The molecule has 3 heterocycles. The molecule has 10 heteroatoms. The predicted octanol–water partition coefficient (Wildman–Crippen LogP) is 3.90. The first kappa shape index (κ1) is 19.4. The van der Waals surface area contributed by atoms with Crippen molar-refractivity contribution in [3.63, 3.8) is 0 Å². The lowest BCUT2D eigenvalue weighted by molar-refractivity contribution is -0.0361. The molecule has 0 saturated heterocycles. The molecule has 0 unspecified atom stereocenters. The summed E-state index contributed by atoms with van der Waals surface area (Å²) in [7, 11) is 0. The highest BCUT2D eigenvalue weighted by atomic mass is 19.3. The Morgan fingerprint density at radius 1 is 1.00 bits per heavy atom. The molecule has 3 aromatic rings. The van der Waals surface area contributed by atoms with Gasteiger partial charge in [-0.3, -0.25) is 0 Å². The second-order valence-corrected chi connectivity index (χ2v) is 7.52. The van der Waals surface area contributed by atoms with Gasteiger partial charge in [-0.15, -0.1) is 0 Å². The van der Waals surface area contributed by atoms with Gasteiger partial charge >= 0.3 is 0 Å². The maximum Gasteiger partial charge on any atom is 0.252 e. The van der Waals surface area contributed by atoms with Crippen LogP contribution in [0.3, 0.4) is 0 Å². The first-order valence-corrected chi connectivity index (χ1v) is 9.49. The summed E-state index contributed by atoms with van der Waals surface area (Å²) in [5.74, 6) is -2.06. The van der Waals surface area contributed by atoms with E-state index in [0.29, 0.717) is 47.4 Å². The van der Waals surface area contributed by atoms with Crippen LogP contribution in [0.25, 0.3) is 11.6 Å². The topological polar surface area (TPSA) is 73.5 Å². The second kappa shape index (κ2) is 7.16. The van der Waals surface area contributed by atoms with E-state index in [4.69, 9.17) is 0 Å². The molecular formula is C19H22F3N7. The van der Waals surface area contributed by atoms with Crippen molar-refractivity contribution in [1.29, 1.82) is 0 Å². The van der Waals surface area contributed by atoms with Crippen LogP contribution in [0.15, 0.2) is 18.5 Å². The molecular weight excluding hydrogens is 383 g/mol. The van der Waals surface area contributed by atoms with Crippen molar-refractivity contribution < 1.29 is 13.2 Å². The molecule has 1 saturated carbocycles. The van der Waals surface area contributed by atoms with E-state index in [0.717, 1.165) is 0 Å².